The average molecular weight is 408 g/mol. The first-order valence-corrected chi connectivity index (χ1v) is 9.63. The Kier molecular flexibility index (Phi) is 8.67. The molecule has 0 aromatic heterocycles. The number of nitrogens with one attached hydrogen (secondary N) is 1. The minimum atomic E-state index is -4.35. The molecule has 0 fully saturated rings. The van der Waals surface area contributed by atoms with Crippen LogP contribution in [0.25, 0.3) is 0 Å². The zero-order valence-electron chi connectivity index (χ0n) is 16.8. The minimum absolute atomic E-state index is 0.153. The number of amides is 1. The van der Waals surface area contributed by atoms with E-state index in [4.69, 9.17) is 0 Å². The van der Waals surface area contributed by atoms with Crippen molar-refractivity contribution in [2.24, 2.45) is 0 Å². The number of hydrogen-bond acceptors (Lipinski definition) is 3. The number of benzene rings is 2. The van der Waals surface area contributed by atoms with E-state index in [2.05, 4.69) is 34.9 Å². The number of ether oxygens (including phenoxy) is 1. The maximum absolute atomic E-state index is 12.4. The van der Waals surface area contributed by atoms with Crippen molar-refractivity contribution in [3.8, 4) is 0 Å². The average Bonchev–Trinajstić information content (AvgIpc) is 2.70. The number of carbonyl (C=O) groups is 1. The summed E-state index contributed by atoms with van der Waals surface area (Å²) in [6, 6.07) is 14.4. The summed E-state index contributed by atoms with van der Waals surface area (Å²) < 4.78 is 41.0. The highest BCUT2D eigenvalue weighted by molar-refractivity contribution is 5.94. The van der Waals surface area contributed by atoms with Crippen LogP contribution >= 0.6 is 0 Å². The van der Waals surface area contributed by atoms with Gasteiger partial charge in [0.1, 0.15) is 6.61 Å². The number of carbonyl (C=O) groups excluding carboxylic acids is 1. The molecule has 0 aliphatic carbocycles. The van der Waals surface area contributed by atoms with E-state index >= 15 is 0 Å². The third kappa shape index (κ3) is 7.87. The Morgan fingerprint density at radius 2 is 1.62 bits per heavy atom. The molecule has 1 N–H and O–H groups in total. The molecule has 0 bridgehead atoms. The molecule has 0 saturated heterocycles. The SMILES string of the molecule is CCN(CC)Cc1ccccc1CNC(=O)c1ccc(COCC(F)(F)F)cc1. The van der Waals surface area contributed by atoms with Crippen LogP contribution in [-0.2, 0) is 24.4 Å². The Hall–Kier alpha value is -2.38. The Morgan fingerprint density at radius 1 is 1.00 bits per heavy atom. The maximum Gasteiger partial charge on any atom is 0.411 e. The van der Waals surface area contributed by atoms with Crippen LogP contribution in [0.2, 0.25) is 0 Å². The van der Waals surface area contributed by atoms with Gasteiger partial charge in [-0.1, -0.05) is 50.2 Å². The summed E-state index contributed by atoms with van der Waals surface area (Å²) in [5.74, 6) is -0.231. The molecule has 0 radical (unpaired) electrons. The smallest absolute Gasteiger partial charge is 0.367 e. The van der Waals surface area contributed by atoms with Crippen molar-refractivity contribution in [3.63, 3.8) is 0 Å². The van der Waals surface area contributed by atoms with E-state index in [0.29, 0.717) is 17.7 Å². The lowest BCUT2D eigenvalue weighted by atomic mass is 10.1. The van der Waals surface area contributed by atoms with Gasteiger partial charge in [0.05, 0.1) is 6.61 Å². The second-order valence-electron chi connectivity index (χ2n) is 6.72. The van der Waals surface area contributed by atoms with Gasteiger partial charge in [-0.05, 0) is 41.9 Å². The lowest BCUT2D eigenvalue weighted by molar-refractivity contribution is -0.176. The van der Waals surface area contributed by atoms with Gasteiger partial charge in [0.25, 0.3) is 5.91 Å². The summed E-state index contributed by atoms with van der Waals surface area (Å²) in [4.78, 5) is 14.7. The van der Waals surface area contributed by atoms with Crippen LogP contribution in [0, 0.1) is 0 Å². The summed E-state index contributed by atoms with van der Waals surface area (Å²) >= 11 is 0. The number of alkyl halides is 3. The highest BCUT2D eigenvalue weighted by Gasteiger charge is 2.27. The van der Waals surface area contributed by atoms with E-state index in [9.17, 15) is 18.0 Å². The van der Waals surface area contributed by atoms with E-state index < -0.39 is 12.8 Å². The van der Waals surface area contributed by atoms with Gasteiger partial charge in [0.2, 0.25) is 0 Å². The normalized spacial score (nSPS) is 11.7. The van der Waals surface area contributed by atoms with Gasteiger partial charge in [-0.2, -0.15) is 13.2 Å². The van der Waals surface area contributed by atoms with Gasteiger partial charge in [-0.15, -0.1) is 0 Å². The summed E-state index contributed by atoms with van der Waals surface area (Å²) in [6.07, 6.45) is -4.35. The molecule has 0 heterocycles. The predicted molar refractivity (Wildman–Crippen MR) is 106 cm³/mol. The van der Waals surface area contributed by atoms with Gasteiger partial charge < -0.3 is 10.1 Å². The van der Waals surface area contributed by atoms with Crippen LogP contribution in [-0.4, -0.2) is 36.7 Å². The fourth-order valence-electron chi connectivity index (χ4n) is 2.89. The largest absolute Gasteiger partial charge is 0.411 e. The monoisotopic (exact) mass is 408 g/mol. The summed E-state index contributed by atoms with van der Waals surface area (Å²) in [6.45, 7) is 5.94. The standard InChI is InChI=1S/C22H27F3N2O2/c1-3-27(4-2)14-20-8-6-5-7-19(20)13-26-21(28)18-11-9-17(10-12-18)15-29-16-22(23,24)25/h5-12H,3-4,13-16H2,1-2H3,(H,26,28). The van der Waals surface area contributed by atoms with Crippen molar-refractivity contribution in [2.75, 3.05) is 19.7 Å². The molecular weight excluding hydrogens is 381 g/mol. The molecule has 2 aromatic rings. The van der Waals surface area contributed by atoms with E-state index in [1.165, 1.54) is 5.56 Å². The Morgan fingerprint density at radius 3 is 2.21 bits per heavy atom. The predicted octanol–water partition coefficient (Wildman–Crippen LogP) is 4.54. The second-order valence-corrected chi connectivity index (χ2v) is 6.72. The molecule has 0 spiro atoms. The molecule has 29 heavy (non-hydrogen) atoms. The number of halogens is 3. The fourth-order valence-corrected chi connectivity index (χ4v) is 2.89. The van der Waals surface area contributed by atoms with E-state index in [-0.39, 0.29) is 12.5 Å². The quantitative estimate of drug-likeness (QED) is 0.628. The van der Waals surface area contributed by atoms with Gasteiger partial charge >= 0.3 is 6.18 Å². The molecule has 4 nitrogen and oxygen atoms in total. The fraction of sp³-hybridized carbons (Fsp3) is 0.409. The third-order valence-electron chi connectivity index (χ3n) is 4.60. The van der Waals surface area contributed by atoms with Gasteiger partial charge in [0.15, 0.2) is 0 Å². The van der Waals surface area contributed by atoms with Crippen molar-refractivity contribution in [1.82, 2.24) is 10.2 Å². The summed E-state index contributed by atoms with van der Waals surface area (Å²) in [5.41, 5.74) is 3.26. The second kappa shape index (κ2) is 11.0. The van der Waals surface area contributed by atoms with E-state index in [0.717, 1.165) is 25.2 Å². The molecule has 2 aromatic carbocycles. The molecule has 7 heteroatoms. The first-order chi connectivity index (χ1) is 13.8. The Bertz CT molecular complexity index is 772. The number of rotatable bonds is 10. The lowest BCUT2D eigenvalue weighted by Gasteiger charge is -2.20. The molecule has 0 atom stereocenters. The van der Waals surface area contributed by atoms with Gasteiger partial charge in [-0.3, -0.25) is 9.69 Å². The zero-order valence-corrected chi connectivity index (χ0v) is 16.8. The molecule has 0 unspecified atom stereocenters. The highest BCUT2D eigenvalue weighted by Crippen LogP contribution is 2.16. The zero-order chi connectivity index (χ0) is 21.3. The molecule has 0 aliphatic heterocycles. The van der Waals surface area contributed by atoms with Crippen molar-refractivity contribution in [1.29, 1.82) is 0 Å². The molecule has 2 rings (SSSR count). The molecule has 158 valence electrons. The first kappa shape index (κ1) is 22.9. The van der Waals surface area contributed by atoms with Crippen LogP contribution in [0.3, 0.4) is 0 Å². The maximum atomic E-state index is 12.4. The summed E-state index contributed by atoms with van der Waals surface area (Å²) in [5, 5.41) is 2.91. The van der Waals surface area contributed by atoms with Crippen molar-refractivity contribution in [3.05, 3.63) is 70.8 Å². The Balaban J connectivity index is 1.91. The molecule has 0 saturated carbocycles. The van der Waals surface area contributed by atoms with Crippen LogP contribution in [0.1, 0.15) is 40.9 Å². The van der Waals surface area contributed by atoms with Gasteiger partial charge in [0, 0.05) is 18.7 Å². The van der Waals surface area contributed by atoms with E-state index in [1.807, 2.05) is 18.2 Å². The third-order valence-corrected chi connectivity index (χ3v) is 4.60. The van der Waals surface area contributed by atoms with Crippen LogP contribution in [0.4, 0.5) is 13.2 Å². The van der Waals surface area contributed by atoms with Crippen molar-refractivity contribution < 1.29 is 22.7 Å². The number of nitrogens with zero attached hydrogens (tertiary/aromatic N) is 1. The van der Waals surface area contributed by atoms with Crippen LogP contribution in [0.5, 0.6) is 0 Å². The van der Waals surface area contributed by atoms with Crippen LogP contribution < -0.4 is 5.32 Å². The first-order valence-electron chi connectivity index (χ1n) is 9.63. The van der Waals surface area contributed by atoms with Crippen molar-refractivity contribution >= 4 is 5.91 Å². The van der Waals surface area contributed by atoms with Crippen LogP contribution in [0.15, 0.2) is 48.5 Å². The topological polar surface area (TPSA) is 41.6 Å². The lowest BCUT2D eigenvalue weighted by Crippen LogP contribution is -2.26. The van der Waals surface area contributed by atoms with Gasteiger partial charge in [-0.25, -0.2) is 0 Å². The highest BCUT2D eigenvalue weighted by atomic mass is 19.4. The molecule has 0 aliphatic rings. The van der Waals surface area contributed by atoms with Crippen molar-refractivity contribution in [2.45, 2.75) is 39.7 Å². The minimum Gasteiger partial charge on any atom is -0.367 e. The Labute approximate surface area is 169 Å². The summed E-state index contributed by atoms with van der Waals surface area (Å²) in [7, 11) is 0. The number of hydrogen-bond donors (Lipinski definition) is 1. The molecule has 1 amide bonds. The van der Waals surface area contributed by atoms with E-state index in [1.54, 1.807) is 24.3 Å². The molecular formula is C22H27F3N2O2.